The molecule has 1 aliphatic rings. The number of thiophene rings is 1. The minimum absolute atomic E-state index is 0.254. The molecule has 0 radical (unpaired) electrons. The van der Waals surface area contributed by atoms with E-state index in [0.717, 1.165) is 28.4 Å². The Labute approximate surface area is 150 Å². The zero-order valence-corrected chi connectivity index (χ0v) is 15.5. The van der Waals surface area contributed by atoms with Crippen molar-refractivity contribution >= 4 is 27.3 Å². The van der Waals surface area contributed by atoms with E-state index in [1.807, 2.05) is 6.92 Å². The molecule has 0 unspecified atom stereocenters. The van der Waals surface area contributed by atoms with Crippen molar-refractivity contribution in [3.05, 3.63) is 40.7 Å². The lowest BCUT2D eigenvalue weighted by Crippen LogP contribution is -2.40. The normalized spacial score (nSPS) is 16.0. The predicted octanol–water partition coefficient (Wildman–Crippen LogP) is 1.85. The molecule has 1 N–H and O–H groups in total. The first kappa shape index (κ1) is 18.1. The fraction of sp³-hybridized carbons (Fsp3) is 0.438. The maximum Gasteiger partial charge on any atom is 0.287 e. The number of amides is 1. The number of morpholine rings is 1. The highest BCUT2D eigenvalue weighted by Crippen LogP contribution is 2.25. The van der Waals surface area contributed by atoms with E-state index >= 15 is 0 Å². The van der Waals surface area contributed by atoms with Gasteiger partial charge in [-0.2, -0.15) is 4.31 Å². The molecular formula is C16H20N2O5S2. The Hall–Kier alpha value is -1.68. The molecule has 0 bridgehead atoms. The number of furan rings is 1. The topological polar surface area (TPSA) is 88.9 Å². The number of sulfonamides is 1. The minimum Gasteiger partial charge on any atom is -0.456 e. The van der Waals surface area contributed by atoms with E-state index in [-0.39, 0.29) is 22.4 Å². The van der Waals surface area contributed by atoms with E-state index < -0.39 is 10.0 Å². The van der Waals surface area contributed by atoms with Crippen molar-refractivity contribution in [3.8, 4) is 0 Å². The van der Waals surface area contributed by atoms with Gasteiger partial charge in [0.2, 0.25) is 0 Å². The molecule has 1 saturated heterocycles. The van der Waals surface area contributed by atoms with E-state index in [2.05, 4.69) is 5.32 Å². The number of hydrogen-bond donors (Lipinski definition) is 1. The number of carbonyl (C=O) groups excluding carboxylic acids is 1. The number of aryl methyl sites for hydroxylation is 1. The van der Waals surface area contributed by atoms with Crippen molar-refractivity contribution in [2.45, 2.75) is 24.1 Å². The summed E-state index contributed by atoms with van der Waals surface area (Å²) < 4.78 is 37.5. The lowest BCUT2D eigenvalue weighted by Gasteiger charge is -2.25. The average Bonchev–Trinajstić information content (AvgIpc) is 3.30. The van der Waals surface area contributed by atoms with Crippen LogP contribution in [-0.2, 0) is 27.7 Å². The SMILES string of the molecule is CCc1ccc(C(=O)NCc2ccc(S(=O)(=O)N3CCOCC3)s2)o1. The molecule has 0 spiro atoms. The molecule has 7 nitrogen and oxygen atoms in total. The van der Waals surface area contributed by atoms with Crippen LogP contribution in [0.3, 0.4) is 0 Å². The van der Waals surface area contributed by atoms with E-state index in [1.54, 1.807) is 24.3 Å². The fourth-order valence-electron chi connectivity index (χ4n) is 2.45. The highest BCUT2D eigenvalue weighted by Gasteiger charge is 2.27. The highest BCUT2D eigenvalue weighted by molar-refractivity contribution is 7.91. The Morgan fingerprint density at radius 3 is 2.68 bits per heavy atom. The van der Waals surface area contributed by atoms with Gasteiger partial charge in [0.15, 0.2) is 5.76 Å². The third-order valence-electron chi connectivity index (χ3n) is 3.86. The smallest absolute Gasteiger partial charge is 0.287 e. The molecule has 0 aromatic carbocycles. The van der Waals surface area contributed by atoms with Gasteiger partial charge in [-0.3, -0.25) is 4.79 Å². The summed E-state index contributed by atoms with van der Waals surface area (Å²) in [6.45, 7) is 3.76. The van der Waals surface area contributed by atoms with Gasteiger partial charge in [0.05, 0.1) is 19.8 Å². The maximum absolute atomic E-state index is 12.6. The monoisotopic (exact) mass is 384 g/mol. The summed E-state index contributed by atoms with van der Waals surface area (Å²) in [7, 11) is -3.49. The number of carbonyl (C=O) groups is 1. The molecule has 2 aromatic rings. The van der Waals surface area contributed by atoms with Crippen LogP contribution in [0.25, 0.3) is 0 Å². The summed E-state index contributed by atoms with van der Waals surface area (Å²) >= 11 is 1.16. The Bertz CT molecular complexity index is 834. The van der Waals surface area contributed by atoms with Crippen molar-refractivity contribution < 1.29 is 22.4 Å². The molecule has 2 aromatic heterocycles. The highest BCUT2D eigenvalue weighted by atomic mass is 32.2. The lowest BCUT2D eigenvalue weighted by molar-refractivity contribution is 0.0731. The van der Waals surface area contributed by atoms with Gasteiger partial charge < -0.3 is 14.5 Å². The van der Waals surface area contributed by atoms with Crippen LogP contribution in [0.2, 0.25) is 0 Å². The summed E-state index contributed by atoms with van der Waals surface area (Å²) in [6, 6.07) is 6.71. The van der Waals surface area contributed by atoms with Gasteiger partial charge in [0, 0.05) is 24.4 Å². The quantitative estimate of drug-likeness (QED) is 0.821. The van der Waals surface area contributed by atoms with Crippen LogP contribution < -0.4 is 5.32 Å². The van der Waals surface area contributed by atoms with Gasteiger partial charge in [0.1, 0.15) is 9.97 Å². The second kappa shape index (κ2) is 7.69. The molecule has 1 fully saturated rings. The second-order valence-corrected chi connectivity index (χ2v) is 8.87. The third kappa shape index (κ3) is 4.12. The minimum atomic E-state index is -3.49. The maximum atomic E-state index is 12.6. The van der Waals surface area contributed by atoms with Crippen molar-refractivity contribution in [1.82, 2.24) is 9.62 Å². The zero-order valence-electron chi connectivity index (χ0n) is 13.9. The van der Waals surface area contributed by atoms with Crippen LogP contribution >= 0.6 is 11.3 Å². The van der Waals surface area contributed by atoms with Crippen molar-refractivity contribution in [2.75, 3.05) is 26.3 Å². The number of nitrogens with zero attached hydrogens (tertiary/aromatic N) is 1. The molecule has 0 saturated carbocycles. The molecule has 3 rings (SSSR count). The van der Waals surface area contributed by atoms with Crippen LogP contribution in [0.4, 0.5) is 0 Å². The summed E-state index contributed by atoms with van der Waals surface area (Å²) in [5.74, 6) is 0.695. The van der Waals surface area contributed by atoms with Gasteiger partial charge >= 0.3 is 0 Å². The largest absolute Gasteiger partial charge is 0.456 e. The van der Waals surface area contributed by atoms with Gasteiger partial charge in [-0.25, -0.2) is 8.42 Å². The standard InChI is InChI=1S/C16H20N2O5S2/c1-2-12-3-5-14(23-12)16(19)17-11-13-4-6-15(24-13)25(20,21)18-7-9-22-10-8-18/h3-6H,2,7-11H2,1H3,(H,17,19). The molecular weight excluding hydrogens is 364 g/mol. The molecule has 9 heteroatoms. The number of ether oxygens (including phenoxy) is 1. The summed E-state index contributed by atoms with van der Waals surface area (Å²) in [4.78, 5) is 12.8. The van der Waals surface area contributed by atoms with E-state index in [1.165, 1.54) is 4.31 Å². The summed E-state index contributed by atoms with van der Waals surface area (Å²) in [5, 5.41) is 2.75. The Kier molecular flexibility index (Phi) is 5.57. The first-order chi connectivity index (χ1) is 12.0. The number of hydrogen-bond acceptors (Lipinski definition) is 6. The van der Waals surface area contributed by atoms with Gasteiger partial charge in [-0.05, 0) is 24.3 Å². The molecule has 25 heavy (non-hydrogen) atoms. The molecule has 136 valence electrons. The number of nitrogens with one attached hydrogen (secondary N) is 1. The molecule has 3 heterocycles. The lowest BCUT2D eigenvalue weighted by atomic mass is 10.3. The van der Waals surface area contributed by atoms with Crippen LogP contribution in [0.15, 0.2) is 32.9 Å². The summed E-state index contributed by atoms with van der Waals surface area (Å²) in [6.07, 6.45) is 0.723. The van der Waals surface area contributed by atoms with Crippen molar-refractivity contribution in [2.24, 2.45) is 0 Å². The van der Waals surface area contributed by atoms with Crippen molar-refractivity contribution in [1.29, 1.82) is 0 Å². The van der Waals surface area contributed by atoms with E-state index in [0.29, 0.717) is 26.3 Å². The Morgan fingerprint density at radius 1 is 1.24 bits per heavy atom. The molecule has 0 atom stereocenters. The number of rotatable bonds is 6. The molecule has 1 aliphatic heterocycles. The Morgan fingerprint density at radius 2 is 2.00 bits per heavy atom. The third-order valence-corrected chi connectivity index (χ3v) is 7.31. The molecule has 0 aliphatic carbocycles. The first-order valence-electron chi connectivity index (χ1n) is 8.04. The fourth-order valence-corrected chi connectivity index (χ4v) is 5.31. The van der Waals surface area contributed by atoms with Crippen LogP contribution in [0, 0.1) is 0 Å². The predicted molar refractivity (Wildman–Crippen MR) is 93.2 cm³/mol. The summed E-state index contributed by atoms with van der Waals surface area (Å²) in [5.41, 5.74) is 0. The first-order valence-corrected chi connectivity index (χ1v) is 10.3. The van der Waals surface area contributed by atoms with Crippen LogP contribution in [0.5, 0.6) is 0 Å². The van der Waals surface area contributed by atoms with E-state index in [9.17, 15) is 13.2 Å². The second-order valence-electron chi connectivity index (χ2n) is 5.54. The molecule has 1 amide bonds. The van der Waals surface area contributed by atoms with Crippen LogP contribution in [-0.4, -0.2) is 44.9 Å². The van der Waals surface area contributed by atoms with Gasteiger partial charge in [-0.15, -0.1) is 11.3 Å². The van der Waals surface area contributed by atoms with E-state index in [4.69, 9.17) is 9.15 Å². The van der Waals surface area contributed by atoms with Crippen LogP contribution in [0.1, 0.15) is 28.1 Å². The van der Waals surface area contributed by atoms with Gasteiger partial charge in [0.25, 0.3) is 15.9 Å². The van der Waals surface area contributed by atoms with Gasteiger partial charge in [-0.1, -0.05) is 6.92 Å². The average molecular weight is 384 g/mol. The zero-order chi connectivity index (χ0) is 17.9. The Balaban J connectivity index is 1.62. The van der Waals surface area contributed by atoms with Crippen molar-refractivity contribution in [3.63, 3.8) is 0 Å².